The minimum absolute atomic E-state index is 0.0112. The number of hydrogen-bond acceptors (Lipinski definition) is 3. The van der Waals surface area contributed by atoms with Gasteiger partial charge in [-0.2, -0.15) is 5.10 Å². The van der Waals surface area contributed by atoms with E-state index in [0.29, 0.717) is 19.6 Å². The summed E-state index contributed by atoms with van der Waals surface area (Å²) in [5.41, 5.74) is 2.58. The second-order valence-electron chi connectivity index (χ2n) is 8.31. The topological polar surface area (TPSA) is 58.4 Å². The maximum absolute atomic E-state index is 13.1. The molecular weight excluding hydrogens is 412 g/mol. The molecule has 1 fully saturated rings. The van der Waals surface area contributed by atoms with Crippen LogP contribution in [-0.2, 0) is 4.79 Å². The van der Waals surface area contributed by atoms with E-state index in [1.807, 2.05) is 82.7 Å². The molecule has 1 saturated heterocycles. The van der Waals surface area contributed by atoms with Crippen molar-refractivity contribution in [3.8, 4) is 5.69 Å². The summed E-state index contributed by atoms with van der Waals surface area (Å²) in [6.45, 7) is 4.13. The summed E-state index contributed by atoms with van der Waals surface area (Å²) in [6, 6.07) is 19.4. The largest absolute Gasteiger partial charge is 0.338 e. The fourth-order valence-corrected chi connectivity index (χ4v) is 4.27. The Labute approximate surface area is 195 Å². The molecular formula is C27H30N4O2. The van der Waals surface area contributed by atoms with E-state index in [4.69, 9.17) is 0 Å². The molecule has 0 bridgehead atoms. The Hall–Kier alpha value is -3.67. The SMILES string of the molecule is CCCN(C(=O)/C=C/c1cnn(-c2ccccc2)c1)C1CCN(C(=O)c2ccccc2)CC1. The molecule has 0 aliphatic carbocycles. The van der Waals surface area contributed by atoms with Crippen molar-refractivity contribution in [2.45, 2.75) is 32.2 Å². The normalized spacial score (nSPS) is 14.5. The zero-order chi connectivity index (χ0) is 23.0. The molecule has 2 heterocycles. The molecule has 0 atom stereocenters. The predicted octanol–water partition coefficient (Wildman–Crippen LogP) is 4.43. The number of rotatable bonds is 7. The third-order valence-corrected chi connectivity index (χ3v) is 6.00. The highest BCUT2D eigenvalue weighted by Gasteiger charge is 2.28. The zero-order valence-electron chi connectivity index (χ0n) is 19.0. The molecule has 4 rings (SSSR count). The monoisotopic (exact) mass is 442 g/mol. The van der Waals surface area contributed by atoms with Crippen LogP contribution in [0.25, 0.3) is 11.8 Å². The van der Waals surface area contributed by atoms with Gasteiger partial charge in [0.25, 0.3) is 5.91 Å². The van der Waals surface area contributed by atoms with Crippen molar-refractivity contribution < 1.29 is 9.59 Å². The molecule has 1 aromatic heterocycles. The summed E-state index contributed by atoms with van der Waals surface area (Å²) in [5, 5.41) is 4.39. The molecule has 0 unspecified atom stereocenters. The van der Waals surface area contributed by atoms with Crippen LogP contribution in [0.1, 0.15) is 42.1 Å². The molecule has 2 aromatic carbocycles. The predicted molar refractivity (Wildman–Crippen MR) is 130 cm³/mol. The lowest BCUT2D eigenvalue weighted by Gasteiger charge is -2.38. The van der Waals surface area contributed by atoms with Crippen LogP contribution in [0.4, 0.5) is 0 Å². The molecule has 0 N–H and O–H groups in total. The Morgan fingerprint density at radius 3 is 2.36 bits per heavy atom. The van der Waals surface area contributed by atoms with E-state index >= 15 is 0 Å². The maximum Gasteiger partial charge on any atom is 0.253 e. The van der Waals surface area contributed by atoms with Crippen LogP contribution in [0.3, 0.4) is 0 Å². The molecule has 1 aliphatic rings. The fraction of sp³-hybridized carbons (Fsp3) is 0.296. The van der Waals surface area contributed by atoms with Gasteiger partial charge in [-0.15, -0.1) is 0 Å². The van der Waals surface area contributed by atoms with Gasteiger partial charge in [-0.1, -0.05) is 43.3 Å². The number of benzene rings is 2. The first kappa shape index (κ1) is 22.5. The van der Waals surface area contributed by atoms with E-state index in [1.54, 1.807) is 17.0 Å². The summed E-state index contributed by atoms with van der Waals surface area (Å²) in [5.74, 6) is 0.0786. The van der Waals surface area contributed by atoms with Gasteiger partial charge in [0, 0.05) is 49.1 Å². The van der Waals surface area contributed by atoms with Gasteiger partial charge in [-0.05, 0) is 49.6 Å². The van der Waals surface area contributed by atoms with Crippen LogP contribution in [-0.4, -0.2) is 57.1 Å². The molecule has 1 aliphatic heterocycles. The van der Waals surface area contributed by atoms with Crippen molar-refractivity contribution >= 4 is 17.9 Å². The Morgan fingerprint density at radius 1 is 1.03 bits per heavy atom. The first-order chi connectivity index (χ1) is 16.2. The van der Waals surface area contributed by atoms with E-state index in [1.165, 1.54) is 0 Å². The van der Waals surface area contributed by atoms with E-state index in [2.05, 4.69) is 12.0 Å². The van der Waals surface area contributed by atoms with Crippen molar-refractivity contribution in [1.29, 1.82) is 0 Å². The molecule has 2 amide bonds. The Kier molecular flexibility index (Phi) is 7.35. The quantitative estimate of drug-likeness (QED) is 0.509. The fourth-order valence-electron chi connectivity index (χ4n) is 4.27. The highest BCUT2D eigenvalue weighted by Crippen LogP contribution is 2.20. The van der Waals surface area contributed by atoms with Crippen LogP contribution in [0.5, 0.6) is 0 Å². The lowest BCUT2D eigenvalue weighted by Crippen LogP contribution is -2.48. The van der Waals surface area contributed by atoms with Gasteiger partial charge in [0.2, 0.25) is 5.91 Å². The molecule has 0 spiro atoms. The number of carbonyl (C=O) groups excluding carboxylic acids is 2. The van der Waals surface area contributed by atoms with Gasteiger partial charge in [0.15, 0.2) is 0 Å². The minimum atomic E-state index is 0.0112. The average molecular weight is 443 g/mol. The Morgan fingerprint density at radius 2 is 1.70 bits per heavy atom. The van der Waals surface area contributed by atoms with Crippen LogP contribution in [0, 0.1) is 0 Å². The standard InChI is InChI=1S/C27H30N4O2/c1-2-17-30(24-15-18-29(19-16-24)27(33)23-9-5-3-6-10-23)26(32)14-13-22-20-28-31(21-22)25-11-7-4-8-12-25/h3-14,20-21,24H,2,15-19H2,1H3/b14-13+. The van der Waals surface area contributed by atoms with Gasteiger partial charge in [0.05, 0.1) is 11.9 Å². The van der Waals surface area contributed by atoms with Crippen LogP contribution in [0.2, 0.25) is 0 Å². The summed E-state index contributed by atoms with van der Waals surface area (Å²) in [4.78, 5) is 29.6. The first-order valence-corrected chi connectivity index (χ1v) is 11.6. The molecule has 33 heavy (non-hydrogen) atoms. The number of amides is 2. The number of likely N-dealkylation sites (tertiary alicyclic amines) is 1. The van der Waals surface area contributed by atoms with E-state index in [0.717, 1.165) is 36.1 Å². The second kappa shape index (κ2) is 10.8. The zero-order valence-corrected chi connectivity index (χ0v) is 19.0. The molecule has 6 heteroatoms. The number of piperidine rings is 1. The third kappa shape index (κ3) is 5.58. The van der Waals surface area contributed by atoms with Crippen LogP contribution < -0.4 is 0 Å². The van der Waals surface area contributed by atoms with Gasteiger partial charge in [-0.3, -0.25) is 9.59 Å². The molecule has 170 valence electrons. The number of para-hydroxylation sites is 1. The van der Waals surface area contributed by atoms with E-state index in [9.17, 15) is 9.59 Å². The van der Waals surface area contributed by atoms with E-state index < -0.39 is 0 Å². The molecule has 0 saturated carbocycles. The lowest BCUT2D eigenvalue weighted by atomic mass is 10.0. The van der Waals surface area contributed by atoms with E-state index in [-0.39, 0.29) is 17.9 Å². The molecule has 3 aromatic rings. The van der Waals surface area contributed by atoms with Gasteiger partial charge in [0.1, 0.15) is 0 Å². The molecule has 0 radical (unpaired) electrons. The maximum atomic E-state index is 13.1. The third-order valence-electron chi connectivity index (χ3n) is 6.00. The summed E-state index contributed by atoms with van der Waals surface area (Å²) in [7, 11) is 0. The number of carbonyl (C=O) groups is 2. The Bertz CT molecular complexity index is 1080. The summed E-state index contributed by atoms with van der Waals surface area (Å²) < 4.78 is 1.80. The van der Waals surface area contributed by atoms with Gasteiger partial charge in [-0.25, -0.2) is 4.68 Å². The number of aromatic nitrogens is 2. The highest BCUT2D eigenvalue weighted by molar-refractivity contribution is 5.94. The van der Waals surface area contributed by atoms with Crippen molar-refractivity contribution in [3.05, 3.63) is 90.3 Å². The second-order valence-corrected chi connectivity index (χ2v) is 8.31. The Balaban J connectivity index is 1.37. The average Bonchev–Trinajstić information content (AvgIpc) is 3.36. The van der Waals surface area contributed by atoms with Gasteiger partial charge < -0.3 is 9.80 Å². The van der Waals surface area contributed by atoms with Crippen molar-refractivity contribution in [3.63, 3.8) is 0 Å². The summed E-state index contributed by atoms with van der Waals surface area (Å²) >= 11 is 0. The van der Waals surface area contributed by atoms with Crippen molar-refractivity contribution in [1.82, 2.24) is 19.6 Å². The minimum Gasteiger partial charge on any atom is -0.338 e. The van der Waals surface area contributed by atoms with Crippen molar-refractivity contribution in [2.75, 3.05) is 19.6 Å². The molecule has 6 nitrogen and oxygen atoms in total. The van der Waals surface area contributed by atoms with Gasteiger partial charge >= 0.3 is 0 Å². The highest BCUT2D eigenvalue weighted by atomic mass is 16.2. The van der Waals surface area contributed by atoms with Crippen LogP contribution in [0.15, 0.2) is 79.1 Å². The summed E-state index contributed by atoms with van der Waals surface area (Å²) in [6.07, 6.45) is 9.63. The number of hydrogen-bond donors (Lipinski definition) is 0. The van der Waals surface area contributed by atoms with Crippen molar-refractivity contribution in [2.24, 2.45) is 0 Å². The van der Waals surface area contributed by atoms with Crippen LogP contribution >= 0.6 is 0 Å². The number of nitrogens with zero attached hydrogens (tertiary/aromatic N) is 4. The smallest absolute Gasteiger partial charge is 0.253 e. The first-order valence-electron chi connectivity index (χ1n) is 11.6. The lowest BCUT2D eigenvalue weighted by molar-refractivity contribution is -0.129.